The molecule has 2 aliphatic rings. The number of thioether (sulfide) groups is 1. The molecule has 4 amide bonds. The van der Waals surface area contributed by atoms with Gasteiger partial charge in [-0.1, -0.05) is 46.4 Å². The SMILES string of the molecule is CC(C)(COP(=O)(O)OP(=O)(O)OC[C@H]1O[C@@H](n2cnc3c(N)ncnc32)[C@H](O)[C@@H]1OP(=O)(O)O)[C@@H](O)C(=O)NCCC(=O)NCCS.CCC(=O)SCCNC(=O)CCNC(=O)[C@H](O)C(C)(C)COP(=O)(O)OP(=O)(O)OC[C@H]1O[C@@H](n2cnc3c(N)ncnc32)[C@H](O)[C@@H]1OP(=O)(O)O. The Hall–Kier alpha value is -4.55. The number of aromatic nitrogens is 8. The van der Waals surface area contributed by atoms with Crippen LogP contribution in [0.1, 0.15) is 66.3 Å². The second-order valence-corrected chi connectivity index (χ2v) is 32.5. The molecule has 4 aromatic rings. The number of nitrogens with two attached hydrogens (primary N) is 2. The smallest absolute Gasteiger partial charge is 0.386 e. The van der Waals surface area contributed by atoms with Crippen molar-refractivity contribution < 1.29 is 156 Å². The van der Waals surface area contributed by atoms with Crippen LogP contribution < -0.4 is 32.7 Å². The number of rotatable bonds is 38. The van der Waals surface area contributed by atoms with Gasteiger partial charge in [-0.05, 0) is 0 Å². The molecule has 14 atom stereocenters. The van der Waals surface area contributed by atoms with Crippen LogP contribution in [0.3, 0.4) is 0 Å². The minimum Gasteiger partial charge on any atom is -0.386 e. The van der Waals surface area contributed by atoms with Gasteiger partial charge >= 0.3 is 46.9 Å². The Bertz CT molecular complexity index is 3800. The zero-order valence-electron chi connectivity index (χ0n) is 53.0. The molecular formula is C45H76N14O33P6S2. The number of carbonyl (C=O) groups excluding carboxylic acids is 5. The van der Waals surface area contributed by atoms with Crippen molar-refractivity contribution in [1.82, 2.24) is 60.3 Å². The number of nitrogens with one attached hydrogen (secondary N) is 4. The quantitative estimate of drug-likeness (QED) is 0.0124. The molecule has 2 saturated heterocycles. The molecule has 100 heavy (non-hydrogen) atoms. The van der Waals surface area contributed by atoms with Gasteiger partial charge in [0.1, 0.15) is 72.5 Å². The Morgan fingerprint density at radius 3 is 1.32 bits per heavy atom. The number of nitrogens with zero attached hydrogens (tertiary/aromatic N) is 8. The Morgan fingerprint density at radius 1 is 0.590 bits per heavy atom. The van der Waals surface area contributed by atoms with Crippen LogP contribution in [0, 0.1) is 10.8 Å². The lowest BCUT2D eigenvalue weighted by Crippen LogP contribution is -2.46. The largest absolute Gasteiger partial charge is 0.481 e. The Labute approximate surface area is 575 Å². The average Bonchev–Trinajstić information content (AvgIpc) is 1.62. The van der Waals surface area contributed by atoms with Crippen LogP contribution in [-0.4, -0.2) is 240 Å². The first kappa shape index (κ1) is 86.1. The van der Waals surface area contributed by atoms with E-state index >= 15 is 0 Å². The molecule has 0 aromatic carbocycles. The minimum absolute atomic E-state index is 0.0221. The maximum Gasteiger partial charge on any atom is 0.481 e. The fourth-order valence-corrected chi connectivity index (χ4v) is 14.9. The molecule has 0 radical (unpaired) electrons. The third kappa shape index (κ3) is 26.2. The molecule has 0 aliphatic carbocycles. The molecule has 6 heterocycles. The lowest BCUT2D eigenvalue weighted by atomic mass is 9.87. The number of nitrogen functional groups attached to an aromatic ring is 2. The highest BCUT2D eigenvalue weighted by Gasteiger charge is 2.52. The summed E-state index contributed by atoms with van der Waals surface area (Å²) < 4.78 is 124. The highest BCUT2D eigenvalue weighted by Crippen LogP contribution is 2.63. The first-order valence-electron chi connectivity index (χ1n) is 28.8. The number of amides is 4. The maximum atomic E-state index is 12.6. The number of anilines is 2. The normalized spacial score (nSPS) is 22.9. The maximum absolute atomic E-state index is 12.6. The van der Waals surface area contributed by atoms with Gasteiger partial charge in [0.05, 0.1) is 39.1 Å². The van der Waals surface area contributed by atoms with Crippen molar-refractivity contribution >= 4 is 134 Å². The number of phosphoric ester groups is 6. The third-order valence-corrected chi connectivity index (χ3v) is 21.0. The van der Waals surface area contributed by atoms with E-state index in [2.05, 4.69) is 81.5 Å². The van der Waals surface area contributed by atoms with E-state index in [1.807, 2.05) is 0 Å². The molecule has 55 heteroatoms. The van der Waals surface area contributed by atoms with Crippen molar-refractivity contribution in [3.8, 4) is 0 Å². The Kier molecular flexibility index (Phi) is 31.4. The molecular weight excluding hydrogens is 1510 g/mol. The predicted molar refractivity (Wildman–Crippen MR) is 341 cm³/mol. The summed E-state index contributed by atoms with van der Waals surface area (Å²) in [5.41, 5.74) is 8.56. The first-order valence-corrected chi connectivity index (χ1v) is 39.4. The van der Waals surface area contributed by atoms with E-state index in [0.29, 0.717) is 24.5 Å². The van der Waals surface area contributed by atoms with Crippen molar-refractivity contribution in [3.63, 3.8) is 0 Å². The summed E-state index contributed by atoms with van der Waals surface area (Å²) in [6.45, 7) is 2.97. The summed E-state index contributed by atoms with van der Waals surface area (Å²) in [4.78, 5) is 161. The van der Waals surface area contributed by atoms with Gasteiger partial charge in [-0.3, -0.25) is 60.2 Å². The van der Waals surface area contributed by atoms with Crippen LogP contribution in [0.4, 0.5) is 11.6 Å². The van der Waals surface area contributed by atoms with Gasteiger partial charge in [-0.15, -0.1) is 0 Å². The van der Waals surface area contributed by atoms with E-state index in [1.54, 1.807) is 6.92 Å². The van der Waals surface area contributed by atoms with Crippen LogP contribution in [0.25, 0.3) is 22.3 Å². The molecule has 4 unspecified atom stereocenters. The van der Waals surface area contributed by atoms with Crippen LogP contribution in [0.2, 0.25) is 0 Å². The average molecular weight is 1590 g/mol. The lowest BCUT2D eigenvalue weighted by molar-refractivity contribution is -0.137. The molecule has 47 nitrogen and oxygen atoms in total. The topological polar surface area (TPSA) is 710 Å². The summed E-state index contributed by atoms with van der Waals surface area (Å²) in [5, 5.41) is 52.3. The summed E-state index contributed by atoms with van der Waals surface area (Å²) in [5.74, 6) is -2.01. The Morgan fingerprint density at radius 2 is 0.960 bits per heavy atom. The van der Waals surface area contributed by atoms with Gasteiger partial charge in [-0.2, -0.15) is 21.3 Å². The van der Waals surface area contributed by atoms with E-state index in [9.17, 15) is 111 Å². The van der Waals surface area contributed by atoms with Crippen molar-refractivity contribution in [3.05, 3.63) is 25.3 Å². The molecule has 566 valence electrons. The molecule has 0 bridgehead atoms. The van der Waals surface area contributed by atoms with Crippen molar-refractivity contribution in [2.45, 2.75) is 115 Å². The van der Waals surface area contributed by atoms with Crippen molar-refractivity contribution in [2.75, 3.05) is 75.6 Å². The van der Waals surface area contributed by atoms with E-state index in [1.165, 1.54) is 27.7 Å². The number of hydrogen-bond acceptors (Lipinski definition) is 35. The van der Waals surface area contributed by atoms with E-state index < -0.39 is 163 Å². The van der Waals surface area contributed by atoms with E-state index in [0.717, 1.165) is 46.2 Å². The number of aliphatic hydroxyl groups is 4. The second-order valence-electron chi connectivity index (χ2n) is 22.4. The number of hydrogen-bond donors (Lipinski definition) is 19. The summed E-state index contributed by atoms with van der Waals surface area (Å²) >= 11 is 5.02. The zero-order chi connectivity index (χ0) is 75.1. The second kappa shape index (κ2) is 36.4. The molecule has 2 fully saturated rings. The van der Waals surface area contributed by atoms with Gasteiger partial charge < -0.3 is 102 Å². The highest BCUT2D eigenvalue weighted by molar-refractivity contribution is 8.13. The highest BCUT2D eigenvalue weighted by atomic mass is 32.2. The van der Waals surface area contributed by atoms with E-state index in [-0.39, 0.29) is 77.5 Å². The monoisotopic (exact) mass is 1590 g/mol. The van der Waals surface area contributed by atoms with Crippen LogP contribution in [0.5, 0.6) is 0 Å². The first-order chi connectivity index (χ1) is 46.2. The fourth-order valence-electron chi connectivity index (χ4n) is 8.53. The number of fused-ring (bicyclic) bond motifs is 2. The predicted octanol–water partition coefficient (Wildman–Crippen LogP) is -2.59. The van der Waals surface area contributed by atoms with E-state index in [4.69, 9.17) is 39.0 Å². The number of ether oxygens (including phenoxy) is 2. The molecule has 6 rings (SSSR count). The zero-order valence-corrected chi connectivity index (χ0v) is 60.1. The number of aliphatic hydroxyl groups excluding tert-OH is 4. The minimum atomic E-state index is -5.56. The lowest BCUT2D eigenvalue weighted by Gasteiger charge is -2.30. The molecule has 2 aliphatic heterocycles. The van der Waals surface area contributed by atoms with Gasteiger partial charge in [0.15, 0.2) is 40.5 Å². The molecule has 0 saturated carbocycles. The molecule has 4 aromatic heterocycles. The van der Waals surface area contributed by atoms with Crippen molar-refractivity contribution in [1.29, 1.82) is 0 Å². The fraction of sp³-hybridized carbons (Fsp3) is 0.667. The van der Waals surface area contributed by atoms with Gasteiger partial charge in [0.2, 0.25) is 23.6 Å². The third-order valence-electron chi connectivity index (χ3n) is 13.6. The summed E-state index contributed by atoms with van der Waals surface area (Å²) in [6, 6.07) is 0. The summed E-state index contributed by atoms with van der Waals surface area (Å²) in [7, 11) is -32.7. The number of phosphoric acid groups is 6. The summed E-state index contributed by atoms with van der Waals surface area (Å²) in [6.07, 6.45) is -13.3. The van der Waals surface area contributed by atoms with Crippen LogP contribution in [0.15, 0.2) is 25.3 Å². The van der Waals surface area contributed by atoms with Crippen LogP contribution in [-0.2, 0) is 96.6 Å². The number of imidazole rings is 2. The molecule has 0 spiro atoms. The van der Waals surface area contributed by atoms with Gasteiger partial charge in [-0.25, -0.2) is 57.3 Å². The van der Waals surface area contributed by atoms with Crippen LogP contribution >= 0.6 is 71.3 Å². The van der Waals surface area contributed by atoms with Gasteiger partial charge in [0.25, 0.3) is 0 Å². The number of thiol groups is 1. The standard InChI is InChI=1S/C24H40N7O17P3S.C21H36N7O16P3S/c1-4-15(33)52-8-7-26-14(32)5-6-27-22(36)19(35)24(2,3)10-45-51(42,43)48-50(40,41)44-9-13-18(47-49(37,38)39)17(34)23(46-13)31-12-30-16-20(25)28-11-29-21(16)31;1-21(2,16(31)19(32)24-4-3-12(29)23-5-6-48)8-41-47(38,39)44-46(36,37)40-7-11-15(43-45(33,34)35)14(30)20(42-11)28-10-27-13-17(22)25-9-26-18(13)28/h11-13,17-19,23,34-35H,4-10H2,1-3H3,(H,26,32)(H,27,36)(H,40,41)(H,42,43)(H2,25,28,29)(H2,37,38,39);9-11,14-16,20,30-31,48H,3-8H2,1-2H3,(H,23,29)(H,24,32)(H,36,37)(H,38,39)(H2,22,25,26)(H2,33,34,35)/t13-,17-,18-,19+,23-;11-,14-,15-,16+,20-/m11/s1. The number of carbonyl (C=O) groups is 5. The van der Waals surface area contributed by atoms with Crippen molar-refractivity contribution in [2.24, 2.45) is 10.8 Å². The molecule has 20 N–H and O–H groups in total. The Balaban J connectivity index is 0.000000362. The van der Waals surface area contributed by atoms with Gasteiger partial charge in [0, 0.05) is 67.8 Å².